The highest BCUT2D eigenvalue weighted by Crippen LogP contribution is 2.51. The number of amides is 2. The Balaban J connectivity index is 1.82. The molecule has 1 fully saturated rings. The summed E-state index contributed by atoms with van der Waals surface area (Å²) < 4.78 is 19.4. The fraction of sp³-hybridized carbons (Fsp3) is 0.391. The van der Waals surface area contributed by atoms with Crippen molar-refractivity contribution in [1.29, 1.82) is 0 Å². The van der Waals surface area contributed by atoms with Crippen LogP contribution in [0.5, 0.6) is 5.75 Å². The SMILES string of the molecule is CC(C)(C)[C@]1(C(N)=O)CC[C@@H](c2ccc(OCc3ccccc3F)cc2)N1C(=O)O. The third kappa shape index (κ3) is 3.72. The summed E-state index contributed by atoms with van der Waals surface area (Å²) in [6, 6.07) is 12.9. The van der Waals surface area contributed by atoms with Crippen LogP contribution in [0.15, 0.2) is 48.5 Å². The fourth-order valence-electron chi connectivity index (χ4n) is 4.38. The number of benzene rings is 2. The summed E-state index contributed by atoms with van der Waals surface area (Å²) >= 11 is 0. The molecule has 7 heteroatoms. The molecule has 30 heavy (non-hydrogen) atoms. The molecule has 0 aliphatic carbocycles. The summed E-state index contributed by atoms with van der Waals surface area (Å²) in [5.74, 6) is -0.425. The molecule has 3 N–H and O–H groups in total. The van der Waals surface area contributed by atoms with Crippen LogP contribution in [-0.2, 0) is 11.4 Å². The number of ether oxygens (including phenoxy) is 1. The van der Waals surface area contributed by atoms with Crippen molar-refractivity contribution in [3.8, 4) is 5.75 Å². The Morgan fingerprint density at radius 1 is 1.20 bits per heavy atom. The number of hydrogen-bond donors (Lipinski definition) is 2. The van der Waals surface area contributed by atoms with Gasteiger partial charge in [0.05, 0.1) is 6.04 Å². The van der Waals surface area contributed by atoms with Gasteiger partial charge in [0.2, 0.25) is 5.91 Å². The van der Waals surface area contributed by atoms with E-state index in [4.69, 9.17) is 10.5 Å². The summed E-state index contributed by atoms with van der Waals surface area (Å²) in [7, 11) is 0. The number of carbonyl (C=O) groups excluding carboxylic acids is 1. The van der Waals surface area contributed by atoms with Gasteiger partial charge in [0.25, 0.3) is 0 Å². The summed E-state index contributed by atoms with van der Waals surface area (Å²) in [5, 5.41) is 9.94. The van der Waals surface area contributed by atoms with Crippen molar-refractivity contribution in [2.45, 2.75) is 51.8 Å². The van der Waals surface area contributed by atoms with Gasteiger partial charge >= 0.3 is 6.09 Å². The highest BCUT2D eigenvalue weighted by atomic mass is 19.1. The molecule has 3 rings (SSSR count). The monoisotopic (exact) mass is 414 g/mol. The van der Waals surface area contributed by atoms with Crippen molar-refractivity contribution >= 4 is 12.0 Å². The van der Waals surface area contributed by atoms with Crippen molar-refractivity contribution in [2.24, 2.45) is 11.1 Å². The summed E-state index contributed by atoms with van der Waals surface area (Å²) in [5.41, 5.74) is 4.98. The maximum absolute atomic E-state index is 13.7. The van der Waals surface area contributed by atoms with Gasteiger partial charge in [0.15, 0.2) is 0 Å². The number of nitrogens with two attached hydrogens (primary N) is 1. The number of carboxylic acid groups (broad SMARTS) is 1. The predicted molar refractivity (Wildman–Crippen MR) is 110 cm³/mol. The zero-order chi connectivity index (χ0) is 22.1. The van der Waals surface area contributed by atoms with Gasteiger partial charge in [-0.25, -0.2) is 9.18 Å². The molecule has 1 heterocycles. The Bertz CT molecular complexity index is 939. The molecule has 2 atom stereocenters. The summed E-state index contributed by atoms with van der Waals surface area (Å²) in [4.78, 5) is 25.8. The first kappa shape index (κ1) is 21.6. The summed E-state index contributed by atoms with van der Waals surface area (Å²) in [6.45, 7) is 5.58. The average Bonchev–Trinajstić information content (AvgIpc) is 3.10. The van der Waals surface area contributed by atoms with E-state index in [2.05, 4.69) is 0 Å². The van der Waals surface area contributed by atoms with Gasteiger partial charge in [-0.1, -0.05) is 51.1 Å². The zero-order valence-corrected chi connectivity index (χ0v) is 17.4. The van der Waals surface area contributed by atoms with Gasteiger partial charge in [-0.15, -0.1) is 0 Å². The van der Waals surface area contributed by atoms with E-state index in [1.165, 1.54) is 11.0 Å². The maximum Gasteiger partial charge on any atom is 0.408 e. The van der Waals surface area contributed by atoms with Crippen molar-refractivity contribution in [3.05, 3.63) is 65.5 Å². The van der Waals surface area contributed by atoms with Crippen LogP contribution in [0.1, 0.15) is 50.8 Å². The van der Waals surface area contributed by atoms with Crippen molar-refractivity contribution < 1.29 is 23.8 Å². The van der Waals surface area contributed by atoms with Crippen LogP contribution in [0.3, 0.4) is 0 Å². The van der Waals surface area contributed by atoms with E-state index < -0.39 is 29.0 Å². The molecule has 160 valence electrons. The first-order valence-corrected chi connectivity index (χ1v) is 9.86. The Hall–Kier alpha value is -3.09. The highest BCUT2D eigenvalue weighted by Gasteiger charge is 2.59. The minimum Gasteiger partial charge on any atom is -0.489 e. The molecule has 0 spiro atoms. The molecule has 2 amide bonds. The highest BCUT2D eigenvalue weighted by molar-refractivity contribution is 5.90. The molecule has 1 aliphatic heterocycles. The normalized spacial score (nSPS) is 21.5. The lowest BCUT2D eigenvalue weighted by Gasteiger charge is -2.45. The molecule has 6 nitrogen and oxygen atoms in total. The maximum atomic E-state index is 13.7. The van der Waals surface area contributed by atoms with Gasteiger partial charge in [0.1, 0.15) is 23.7 Å². The fourth-order valence-corrected chi connectivity index (χ4v) is 4.38. The minimum atomic E-state index is -1.29. The Kier molecular flexibility index (Phi) is 5.74. The smallest absolute Gasteiger partial charge is 0.408 e. The van der Waals surface area contributed by atoms with Crippen molar-refractivity contribution in [2.75, 3.05) is 0 Å². The number of hydrogen-bond acceptors (Lipinski definition) is 3. The number of primary amides is 1. The number of likely N-dealkylation sites (tertiary alicyclic amines) is 1. The van der Waals surface area contributed by atoms with E-state index in [-0.39, 0.29) is 12.4 Å². The van der Waals surface area contributed by atoms with Crippen LogP contribution >= 0.6 is 0 Å². The molecule has 0 bridgehead atoms. The molecule has 0 unspecified atom stereocenters. The van der Waals surface area contributed by atoms with Crippen LogP contribution in [-0.4, -0.2) is 27.5 Å². The van der Waals surface area contributed by atoms with Crippen molar-refractivity contribution in [1.82, 2.24) is 4.90 Å². The zero-order valence-electron chi connectivity index (χ0n) is 17.4. The van der Waals surface area contributed by atoms with E-state index in [0.717, 1.165) is 5.56 Å². The lowest BCUT2D eigenvalue weighted by Crippen LogP contribution is -2.63. The molecular formula is C23H27FN2O4. The predicted octanol–water partition coefficient (Wildman–Crippen LogP) is 4.49. The first-order valence-electron chi connectivity index (χ1n) is 9.86. The quantitative estimate of drug-likeness (QED) is 0.754. The Morgan fingerprint density at radius 3 is 2.37 bits per heavy atom. The Labute approximate surface area is 175 Å². The largest absolute Gasteiger partial charge is 0.489 e. The van der Waals surface area contributed by atoms with Gasteiger partial charge < -0.3 is 15.6 Å². The third-order valence-corrected chi connectivity index (χ3v) is 5.97. The van der Waals surface area contributed by atoms with Crippen LogP contribution in [0, 0.1) is 11.2 Å². The second-order valence-corrected chi connectivity index (χ2v) is 8.63. The van der Waals surface area contributed by atoms with E-state index in [0.29, 0.717) is 24.2 Å². The Morgan fingerprint density at radius 2 is 1.83 bits per heavy atom. The molecule has 2 aromatic rings. The van der Waals surface area contributed by atoms with Gasteiger partial charge in [-0.3, -0.25) is 9.69 Å². The second-order valence-electron chi connectivity index (χ2n) is 8.63. The van der Waals surface area contributed by atoms with Crippen molar-refractivity contribution in [3.63, 3.8) is 0 Å². The molecule has 1 saturated heterocycles. The standard InChI is InChI=1S/C23H27FN2O4/c1-22(2,3)23(20(25)27)13-12-19(26(23)21(28)29)15-8-10-17(11-9-15)30-14-16-6-4-5-7-18(16)24/h4-11,19H,12-14H2,1-3H3,(H2,25,27)(H,28,29)/t19-,23+/m0/s1. The second kappa shape index (κ2) is 7.97. The molecule has 2 aromatic carbocycles. The van der Waals surface area contributed by atoms with E-state index in [1.807, 2.05) is 20.8 Å². The third-order valence-electron chi connectivity index (χ3n) is 5.97. The van der Waals surface area contributed by atoms with Crippen LogP contribution in [0.25, 0.3) is 0 Å². The van der Waals surface area contributed by atoms with E-state index >= 15 is 0 Å². The molecule has 0 saturated carbocycles. The lowest BCUT2D eigenvalue weighted by molar-refractivity contribution is -0.135. The lowest BCUT2D eigenvalue weighted by atomic mass is 9.71. The van der Waals surface area contributed by atoms with E-state index in [1.54, 1.807) is 42.5 Å². The average molecular weight is 414 g/mol. The number of halogens is 1. The van der Waals surface area contributed by atoms with Crippen LogP contribution in [0.4, 0.5) is 9.18 Å². The topological polar surface area (TPSA) is 92.9 Å². The molecule has 1 aliphatic rings. The van der Waals surface area contributed by atoms with Gasteiger partial charge in [-0.05, 0) is 42.0 Å². The van der Waals surface area contributed by atoms with E-state index in [9.17, 15) is 19.1 Å². The number of carbonyl (C=O) groups is 2. The van der Waals surface area contributed by atoms with Crippen LogP contribution in [0.2, 0.25) is 0 Å². The summed E-state index contributed by atoms with van der Waals surface area (Å²) in [6.07, 6.45) is -0.331. The molecular weight excluding hydrogens is 387 g/mol. The number of nitrogens with zero attached hydrogens (tertiary/aromatic N) is 1. The van der Waals surface area contributed by atoms with Crippen LogP contribution < -0.4 is 10.5 Å². The molecule has 0 aromatic heterocycles. The molecule has 0 radical (unpaired) electrons. The van der Waals surface area contributed by atoms with Gasteiger partial charge in [-0.2, -0.15) is 0 Å². The van der Waals surface area contributed by atoms with Gasteiger partial charge in [0, 0.05) is 5.56 Å². The minimum absolute atomic E-state index is 0.0888. The first-order chi connectivity index (χ1) is 14.1. The number of rotatable bonds is 5.